The first kappa shape index (κ1) is 18.1. The third-order valence-electron chi connectivity index (χ3n) is 5.06. The van der Waals surface area contributed by atoms with Gasteiger partial charge in [-0.1, -0.05) is 12.1 Å². The number of hydrogen-bond acceptors (Lipinski definition) is 4. The minimum atomic E-state index is 0.0388. The highest BCUT2D eigenvalue weighted by Gasteiger charge is 2.21. The molecule has 136 valence electrons. The van der Waals surface area contributed by atoms with E-state index in [1.54, 1.807) is 12.4 Å². The SMILES string of the molecule is Cc1ccc(C(=O)CCC(=O)N2CCN(c3ccncc3)CC2)cc1C. The number of nitrogens with zero attached hydrogens (tertiary/aromatic N) is 3. The molecule has 0 atom stereocenters. The lowest BCUT2D eigenvalue weighted by Gasteiger charge is -2.36. The molecule has 1 saturated heterocycles. The second-order valence-corrected chi connectivity index (χ2v) is 6.80. The molecule has 26 heavy (non-hydrogen) atoms. The van der Waals surface area contributed by atoms with Crippen LogP contribution in [0, 0.1) is 13.8 Å². The number of rotatable bonds is 5. The van der Waals surface area contributed by atoms with Crippen LogP contribution in [-0.2, 0) is 4.79 Å². The van der Waals surface area contributed by atoms with Crippen LogP contribution < -0.4 is 4.90 Å². The Hall–Kier alpha value is -2.69. The zero-order valence-electron chi connectivity index (χ0n) is 15.4. The standard InChI is InChI=1S/C21H25N3O2/c1-16-3-4-18(15-17(16)2)20(25)5-6-21(26)24-13-11-23(12-14-24)19-7-9-22-10-8-19/h3-4,7-10,15H,5-6,11-14H2,1-2H3. The normalized spacial score (nSPS) is 14.4. The molecule has 1 aromatic carbocycles. The Balaban J connectivity index is 1.48. The summed E-state index contributed by atoms with van der Waals surface area (Å²) < 4.78 is 0. The number of anilines is 1. The molecule has 2 heterocycles. The molecule has 1 amide bonds. The number of benzene rings is 1. The molecule has 5 heteroatoms. The Morgan fingerprint density at radius 2 is 1.62 bits per heavy atom. The van der Waals surface area contributed by atoms with E-state index in [0.29, 0.717) is 18.7 Å². The maximum absolute atomic E-state index is 12.4. The second-order valence-electron chi connectivity index (χ2n) is 6.80. The number of aryl methyl sites for hydroxylation is 2. The van der Waals surface area contributed by atoms with E-state index in [0.717, 1.165) is 24.3 Å². The molecular formula is C21H25N3O2. The van der Waals surface area contributed by atoms with Crippen LogP contribution in [0.2, 0.25) is 0 Å². The quantitative estimate of drug-likeness (QED) is 0.777. The van der Waals surface area contributed by atoms with Gasteiger partial charge < -0.3 is 9.80 Å². The van der Waals surface area contributed by atoms with Crippen LogP contribution in [-0.4, -0.2) is 47.8 Å². The molecule has 3 rings (SSSR count). The summed E-state index contributed by atoms with van der Waals surface area (Å²) in [5.41, 5.74) is 4.11. The first-order valence-electron chi connectivity index (χ1n) is 9.08. The molecule has 2 aromatic rings. The summed E-state index contributed by atoms with van der Waals surface area (Å²) >= 11 is 0. The summed E-state index contributed by atoms with van der Waals surface area (Å²) in [5.74, 6) is 0.105. The largest absolute Gasteiger partial charge is 0.368 e. The number of hydrogen-bond donors (Lipinski definition) is 0. The van der Waals surface area contributed by atoms with Gasteiger partial charge in [0.25, 0.3) is 0 Å². The molecular weight excluding hydrogens is 326 g/mol. The molecule has 0 bridgehead atoms. The third kappa shape index (κ3) is 4.28. The monoisotopic (exact) mass is 351 g/mol. The Morgan fingerprint density at radius 1 is 0.923 bits per heavy atom. The lowest BCUT2D eigenvalue weighted by atomic mass is 10.0. The van der Waals surface area contributed by atoms with E-state index in [4.69, 9.17) is 0 Å². The number of carbonyl (C=O) groups excluding carboxylic acids is 2. The van der Waals surface area contributed by atoms with Crippen LogP contribution in [0.4, 0.5) is 5.69 Å². The molecule has 1 aliphatic heterocycles. The van der Waals surface area contributed by atoms with Gasteiger partial charge in [0.05, 0.1) is 0 Å². The molecule has 1 aliphatic rings. The zero-order valence-corrected chi connectivity index (χ0v) is 15.4. The van der Waals surface area contributed by atoms with Crippen molar-refractivity contribution in [1.82, 2.24) is 9.88 Å². The van der Waals surface area contributed by atoms with E-state index >= 15 is 0 Å². The topological polar surface area (TPSA) is 53.5 Å². The van der Waals surface area contributed by atoms with Crippen LogP contribution in [0.25, 0.3) is 0 Å². The number of Topliss-reactive ketones (excluding diaryl/α,β-unsaturated/α-hetero) is 1. The number of pyridine rings is 1. The maximum Gasteiger partial charge on any atom is 0.223 e. The van der Waals surface area contributed by atoms with Crippen molar-refractivity contribution in [3.8, 4) is 0 Å². The van der Waals surface area contributed by atoms with Crippen molar-refractivity contribution in [2.45, 2.75) is 26.7 Å². The average molecular weight is 351 g/mol. The fraction of sp³-hybridized carbons (Fsp3) is 0.381. The number of aromatic nitrogens is 1. The van der Waals surface area contributed by atoms with Crippen LogP contribution in [0.1, 0.15) is 34.3 Å². The molecule has 0 unspecified atom stereocenters. The average Bonchev–Trinajstić information content (AvgIpc) is 2.68. The van der Waals surface area contributed by atoms with Crippen molar-refractivity contribution in [2.75, 3.05) is 31.1 Å². The zero-order chi connectivity index (χ0) is 18.5. The van der Waals surface area contributed by atoms with E-state index in [1.165, 1.54) is 5.56 Å². The van der Waals surface area contributed by atoms with Crippen molar-refractivity contribution in [2.24, 2.45) is 0 Å². The first-order valence-corrected chi connectivity index (χ1v) is 9.08. The van der Waals surface area contributed by atoms with Crippen molar-refractivity contribution in [3.05, 3.63) is 59.4 Å². The van der Waals surface area contributed by atoms with Crippen molar-refractivity contribution < 1.29 is 9.59 Å². The summed E-state index contributed by atoms with van der Waals surface area (Å²) in [5, 5.41) is 0. The highest BCUT2D eigenvalue weighted by molar-refractivity contribution is 5.98. The summed E-state index contributed by atoms with van der Waals surface area (Å²) in [6.07, 6.45) is 4.11. The van der Waals surface area contributed by atoms with Crippen molar-refractivity contribution >= 4 is 17.4 Å². The summed E-state index contributed by atoms with van der Waals surface area (Å²) in [6, 6.07) is 9.69. The van der Waals surface area contributed by atoms with Gasteiger partial charge in [0.15, 0.2) is 5.78 Å². The maximum atomic E-state index is 12.4. The second kappa shape index (κ2) is 8.13. The fourth-order valence-electron chi connectivity index (χ4n) is 3.21. The Kier molecular flexibility index (Phi) is 5.66. The molecule has 0 aliphatic carbocycles. The van der Waals surface area contributed by atoms with Gasteiger partial charge >= 0.3 is 0 Å². The molecule has 0 spiro atoms. The summed E-state index contributed by atoms with van der Waals surface area (Å²) in [7, 11) is 0. The van der Waals surface area contributed by atoms with E-state index < -0.39 is 0 Å². The highest BCUT2D eigenvalue weighted by atomic mass is 16.2. The number of carbonyl (C=O) groups is 2. The van der Waals surface area contributed by atoms with Gasteiger partial charge in [-0.15, -0.1) is 0 Å². The van der Waals surface area contributed by atoms with Gasteiger partial charge in [0.1, 0.15) is 0 Å². The number of amides is 1. The van der Waals surface area contributed by atoms with E-state index in [2.05, 4.69) is 9.88 Å². The predicted octanol–water partition coefficient (Wildman–Crippen LogP) is 3.01. The number of ketones is 1. The van der Waals surface area contributed by atoms with Gasteiger partial charge in [-0.05, 0) is 43.2 Å². The fourth-order valence-corrected chi connectivity index (χ4v) is 3.21. The van der Waals surface area contributed by atoms with Crippen molar-refractivity contribution in [1.29, 1.82) is 0 Å². The minimum Gasteiger partial charge on any atom is -0.368 e. The molecule has 1 aromatic heterocycles. The third-order valence-corrected chi connectivity index (χ3v) is 5.06. The molecule has 0 saturated carbocycles. The summed E-state index contributed by atoms with van der Waals surface area (Å²) in [6.45, 7) is 7.03. The van der Waals surface area contributed by atoms with Gasteiger partial charge in [-0.2, -0.15) is 0 Å². The van der Waals surface area contributed by atoms with E-state index in [1.807, 2.05) is 49.1 Å². The lowest BCUT2D eigenvalue weighted by Crippen LogP contribution is -2.48. The van der Waals surface area contributed by atoms with Gasteiger partial charge in [-0.3, -0.25) is 14.6 Å². The van der Waals surface area contributed by atoms with Gasteiger partial charge in [0.2, 0.25) is 5.91 Å². The van der Waals surface area contributed by atoms with Gasteiger partial charge in [0, 0.05) is 62.7 Å². The molecule has 0 N–H and O–H groups in total. The molecule has 5 nitrogen and oxygen atoms in total. The highest BCUT2D eigenvalue weighted by Crippen LogP contribution is 2.16. The van der Waals surface area contributed by atoms with E-state index in [-0.39, 0.29) is 24.5 Å². The Bertz CT molecular complexity index is 781. The molecule has 0 radical (unpaired) electrons. The van der Waals surface area contributed by atoms with Gasteiger partial charge in [-0.25, -0.2) is 0 Å². The van der Waals surface area contributed by atoms with Crippen LogP contribution in [0.3, 0.4) is 0 Å². The van der Waals surface area contributed by atoms with Crippen LogP contribution in [0.15, 0.2) is 42.7 Å². The lowest BCUT2D eigenvalue weighted by molar-refractivity contribution is -0.131. The predicted molar refractivity (Wildman–Crippen MR) is 103 cm³/mol. The Labute approximate surface area is 154 Å². The summed E-state index contributed by atoms with van der Waals surface area (Å²) in [4.78, 5) is 32.9. The van der Waals surface area contributed by atoms with Crippen LogP contribution >= 0.6 is 0 Å². The minimum absolute atomic E-state index is 0.0388. The molecule has 1 fully saturated rings. The smallest absolute Gasteiger partial charge is 0.223 e. The van der Waals surface area contributed by atoms with Crippen LogP contribution in [0.5, 0.6) is 0 Å². The van der Waals surface area contributed by atoms with E-state index in [9.17, 15) is 9.59 Å². The number of piperazine rings is 1. The van der Waals surface area contributed by atoms with Crippen molar-refractivity contribution in [3.63, 3.8) is 0 Å². The first-order chi connectivity index (χ1) is 12.5. The Morgan fingerprint density at radius 3 is 2.27 bits per heavy atom.